The van der Waals surface area contributed by atoms with Gasteiger partial charge in [0.15, 0.2) is 0 Å². The van der Waals surface area contributed by atoms with Crippen molar-refractivity contribution in [1.29, 1.82) is 0 Å². The molecule has 2 N–H and O–H groups in total. The van der Waals surface area contributed by atoms with Crippen LogP contribution in [-0.4, -0.2) is 73.1 Å². The van der Waals surface area contributed by atoms with Crippen LogP contribution >= 0.6 is 0 Å². The first kappa shape index (κ1) is 15.2. The number of hydrogen-bond donors (Lipinski definition) is 2. The first-order chi connectivity index (χ1) is 10.8. The second-order valence-electron chi connectivity index (χ2n) is 5.88. The highest BCUT2D eigenvalue weighted by Crippen LogP contribution is 2.09. The number of carbonyl (C=O) groups is 1. The average Bonchev–Trinajstić information content (AvgIpc) is 2.51. The van der Waals surface area contributed by atoms with E-state index in [-0.39, 0.29) is 11.8 Å². The molecule has 7 nitrogen and oxygen atoms in total. The zero-order valence-corrected chi connectivity index (χ0v) is 12.9. The minimum Gasteiger partial charge on any atom is -0.356 e. The van der Waals surface area contributed by atoms with Crippen LogP contribution in [0, 0.1) is 5.92 Å². The van der Waals surface area contributed by atoms with Crippen molar-refractivity contribution in [1.82, 2.24) is 25.5 Å². The highest BCUT2D eigenvalue weighted by atomic mass is 16.2. The summed E-state index contributed by atoms with van der Waals surface area (Å²) in [5.41, 5.74) is 0. The molecule has 2 aliphatic heterocycles. The Morgan fingerprint density at radius 1 is 1.23 bits per heavy atom. The smallest absolute Gasteiger partial charge is 0.225 e. The SMILES string of the molecule is O=C(NCCCN1CCN(c2ncccn2)CC1)C1CNC1. The van der Waals surface area contributed by atoms with Gasteiger partial charge >= 0.3 is 0 Å². The lowest BCUT2D eigenvalue weighted by Gasteiger charge is -2.34. The van der Waals surface area contributed by atoms with E-state index in [0.29, 0.717) is 0 Å². The molecule has 1 aromatic heterocycles. The van der Waals surface area contributed by atoms with Crippen LogP contribution in [0.4, 0.5) is 5.95 Å². The van der Waals surface area contributed by atoms with Gasteiger partial charge in [0.2, 0.25) is 11.9 Å². The summed E-state index contributed by atoms with van der Waals surface area (Å²) < 4.78 is 0. The predicted octanol–water partition coefficient (Wildman–Crippen LogP) is -0.676. The van der Waals surface area contributed by atoms with Crippen LogP contribution in [0.3, 0.4) is 0 Å². The molecule has 0 spiro atoms. The largest absolute Gasteiger partial charge is 0.356 e. The summed E-state index contributed by atoms with van der Waals surface area (Å²) in [5, 5.41) is 6.14. The first-order valence-electron chi connectivity index (χ1n) is 8.05. The highest BCUT2D eigenvalue weighted by Gasteiger charge is 2.24. The van der Waals surface area contributed by atoms with E-state index >= 15 is 0 Å². The van der Waals surface area contributed by atoms with Crippen LogP contribution in [0.2, 0.25) is 0 Å². The van der Waals surface area contributed by atoms with E-state index in [4.69, 9.17) is 0 Å². The molecule has 2 aliphatic rings. The Morgan fingerprint density at radius 3 is 2.59 bits per heavy atom. The van der Waals surface area contributed by atoms with Crippen molar-refractivity contribution in [2.75, 3.05) is 57.3 Å². The molecule has 1 amide bonds. The Kier molecular flexibility index (Phi) is 5.18. The van der Waals surface area contributed by atoms with E-state index < -0.39 is 0 Å². The molecule has 0 unspecified atom stereocenters. The van der Waals surface area contributed by atoms with E-state index in [9.17, 15) is 4.79 Å². The Balaban J connectivity index is 1.30. The number of nitrogens with one attached hydrogen (secondary N) is 2. The van der Waals surface area contributed by atoms with Crippen molar-refractivity contribution in [3.05, 3.63) is 18.5 Å². The number of amides is 1. The fourth-order valence-electron chi connectivity index (χ4n) is 2.76. The van der Waals surface area contributed by atoms with E-state index in [1.807, 2.05) is 6.07 Å². The molecule has 0 bridgehead atoms. The molecule has 0 saturated carbocycles. The van der Waals surface area contributed by atoms with Gasteiger partial charge in [-0.2, -0.15) is 0 Å². The van der Waals surface area contributed by atoms with Crippen LogP contribution < -0.4 is 15.5 Å². The van der Waals surface area contributed by atoms with E-state index in [2.05, 4.69) is 30.4 Å². The molecular formula is C15H24N6O. The molecule has 3 rings (SSSR count). The molecule has 120 valence electrons. The van der Waals surface area contributed by atoms with E-state index in [1.165, 1.54) is 0 Å². The van der Waals surface area contributed by atoms with Crippen LogP contribution in [-0.2, 0) is 4.79 Å². The van der Waals surface area contributed by atoms with Gasteiger partial charge in [-0.1, -0.05) is 0 Å². The molecule has 0 aromatic carbocycles. The Bertz CT molecular complexity index is 470. The Hall–Kier alpha value is -1.73. The van der Waals surface area contributed by atoms with Crippen molar-refractivity contribution >= 4 is 11.9 Å². The Labute approximate surface area is 131 Å². The summed E-state index contributed by atoms with van der Waals surface area (Å²) in [6, 6.07) is 1.84. The minimum atomic E-state index is 0.189. The summed E-state index contributed by atoms with van der Waals surface area (Å²) in [5.74, 6) is 1.21. The fourth-order valence-corrected chi connectivity index (χ4v) is 2.76. The van der Waals surface area contributed by atoms with Crippen LogP contribution in [0.15, 0.2) is 18.5 Å². The average molecular weight is 304 g/mol. The second kappa shape index (κ2) is 7.51. The topological polar surface area (TPSA) is 73.4 Å². The summed E-state index contributed by atoms with van der Waals surface area (Å²) >= 11 is 0. The third-order valence-corrected chi connectivity index (χ3v) is 4.31. The lowest BCUT2D eigenvalue weighted by atomic mass is 10.0. The summed E-state index contributed by atoms with van der Waals surface area (Å²) in [7, 11) is 0. The molecule has 22 heavy (non-hydrogen) atoms. The molecule has 2 fully saturated rings. The van der Waals surface area contributed by atoms with Crippen molar-refractivity contribution in [2.24, 2.45) is 5.92 Å². The van der Waals surface area contributed by atoms with Crippen LogP contribution in [0.1, 0.15) is 6.42 Å². The number of aromatic nitrogens is 2. The maximum absolute atomic E-state index is 11.7. The summed E-state index contributed by atoms with van der Waals surface area (Å²) in [6.45, 7) is 7.44. The molecular weight excluding hydrogens is 280 g/mol. The number of rotatable bonds is 6. The number of piperazine rings is 1. The second-order valence-corrected chi connectivity index (χ2v) is 5.88. The van der Waals surface area contributed by atoms with Crippen molar-refractivity contribution in [3.8, 4) is 0 Å². The van der Waals surface area contributed by atoms with Crippen LogP contribution in [0.5, 0.6) is 0 Å². The maximum atomic E-state index is 11.7. The summed E-state index contributed by atoms with van der Waals surface area (Å²) in [6.07, 6.45) is 4.58. The van der Waals surface area contributed by atoms with Crippen LogP contribution in [0.25, 0.3) is 0 Å². The molecule has 0 aliphatic carbocycles. The third-order valence-electron chi connectivity index (χ3n) is 4.31. The van der Waals surface area contributed by atoms with Gasteiger partial charge in [-0.15, -0.1) is 0 Å². The van der Waals surface area contributed by atoms with Gasteiger partial charge in [0.25, 0.3) is 0 Å². The monoisotopic (exact) mass is 304 g/mol. The van der Waals surface area contributed by atoms with Gasteiger partial charge in [0.05, 0.1) is 5.92 Å². The van der Waals surface area contributed by atoms with Crippen molar-refractivity contribution in [2.45, 2.75) is 6.42 Å². The predicted molar refractivity (Wildman–Crippen MR) is 84.7 cm³/mol. The first-order valence-corrected chi connectivity index (χ1v) is 8.05. The molecule has 0 atom stereocenters. The van der Waals surface area contributed by atoms with Gasteiger partial charge in [-0.25, -0.2) is 9.97 Å². The lowest BCUT2D eigenvalue weighted by Crippen LogP contribution is -2.51. The maximum Gasteiger partial charge on any atom is 0.225 e. The molecule has 7 heteroatoms. The number of carbonyl (C=O) groups excluding carboxylic acids is 1. The number of anilines is 1. The zero-order valence-electron chi connectivity index (χ0n) is 12.9. The van der Waals surface area contributed by atoms with Gasteiger partial charge < -0.3 is 15.5 Å². The van der Waals surface area contributed by atoms with E-state index in [0.717, 1.165) is 64.7 Å². The van der Waals surface area contributed by atoms with E-state index in [1.54, 1.807) is 12.4 Å². The lowest BCUT2D eigenvalue weighted by molar-refractivity contribution is -0.126. The number of nitrogens with zero attached hydrogens (tertiary/aromatic N) is 4. The highest BCUT2D eigenvalue weighted by molar-refractivity contribution is 5.79. The fraction of sp³-hybridized carbons (Fsp3) is 0.667. The Morgan fingerprint density at radius 2 is 1.95 bits per heavy atom. The summed E-state index contributed by atoms with van der Waals surface area (Å²) in [4.78, 5) is 24.9. The standard InChI is InChI=1S/C15H24N6O/c22-14(13-11-16-12-13)17-5-2-6-20-7-9-21(10-8-20)15-18-3-1-4-19-15/h1,3-4,13,16H,2,5-12H2,(H,17,22). The van der Waals surface area contributed by atoms with Crippen molar-refractivity contribution < 1.29 is 4.79 Å². The minimum absolute atomic E-state index is 0.189. The normalized spacial score (nSPS) is 19.7. The molecule has 3 heterocycles. The third kappa shape index (κ3) is 3.92. The molecule has 0 radical (unpaired) electrons. The zero-order chi connectivity index (χ0) is 15.2. The quantitative estimate of drug-likeness (QED) is 0.679. The molecule has 2 saturated heterocycles. The van der Waals surface area contributed by atoms with Gasteiger partial charge in [0.1, 0.15) is 0 Å². The van der Waals surface area contributed by atoms with Gasteiger partial charge in [-0.05, 0) is 19.0 Å². The number of hydrogen-bond acceptors (Lipinski definition) is 6. The van der Waals surface area contributed by atoms with Gasteiger partial charge in [-0.3, -0.25) is 9.69 Å². The molecule has 1 aromatic rings. The van der Waals surface area contributed by atoms with Gasteiger partial charge in [0, 0.05) is 58.2 Å². The van der Waals surface area contributed by atoms with Crippen molar-refractivity contribution in [3.63, 3.8) is 0 Å².